The van der Waals surface area contributed by atoms with Crippen LogP contribution < -0.4 is 0 Å². The summed E-state index contributed by atoms with van der Waals surface area (Å²) in [5, 5.41) is 5.28. The van der Waals surface area contributed by atoms with E-state index in [1.54, 1.807) is 0 Å². The number of aryl methyl sites for hydroxylation is 3. The Balaban J connectivity index is 1.95. The number of aromatic nitrogens is 4. The Bertz CT molecular complexity index is 846. The fourth-order valence-corrected chi connectivity index (χ4v) is 3.61. The van der Waals surface area contributed by atoms with Gasteiger partial charge in [-0.25, -0.2) is 4.98 Å². The van der Waals surface area contributed by atoms with Crippen molar-refractivity contribution in [3.8, 4) is 11.6 Å². The van der Waals surface area contributed by atoms with E-state index < -0.39 is 0 Å². The third kappa shape index (κ3) is 1.88. The van der Waals surface area contributed by atoms with Crippen molar-refractivity contribution < 1.29 is 4.52 Å². The molecule has 0 spiro atoms. The van der Waals surface area contributed by atoms with E-state index in [0.717, 1.165) is 35.4 Å². The number of aromatic amines is 1. The normalized spacial score (nSPS) is 17.9. The maximum Gasteiger partial charge on any atom is 0.276 e. The highest BCUT2D eigenvalue weighted by atomic mass is 16.5. The summed E-state index contributed by atoms with van der Waals surface area (Å²) >= 11 is 0. The van der Waals surface area contributed by atoms with Gasteiger partial charge in [-0.05, 0) is 43.2 Å². The van der Waals surface area contributed by atoms with Crippen LogP contribution in [-0.2, 0) is 12.8 Å². The lowest BCUT2D eigenvalue weighted by molar-refractivity contribution is 0.422. The summed E-state index contributed by atoms with van der Waals surface area (Å²) in [6.07, 6.45) is 6.30. The van der Waals surface area contributed by atoms with Crippen molar-refractivity contribution in [1.29, 1.82) is 0 Å². The van der Waals surface area contributed by atoms with Gasteiger partial charge in [0.05, 0.1) is 11.7 Å². The summed E-state index contributed by atoms with van der Waals surface area (Å²) in [6, 6.07) is 0. The molecule has 0 aliphatic heterocycles. The number of fused-ring (bicyclic) bond motifs is 3. The van der Waals surface area contributed by atoms with Crippen molar-refractivity contribution in [2.75, 3.05) is 0 Å². The Morgan fingerprint density at radius 1 is 1.41 bits per heavy atom. The maximum absolute atomic E-state index is 5.38. The van der Waals surface area contributed by atoms with Gasteiger partial charge in [-0.2, -0.15) is 4.98 Å². The predicted octanol–water partition coefficient (Wildman–Crippen LogP) is 3.92. The quantitative estimate of drug-likeness (QED) is 0.778. The van der Waals surface area contributed by atoms with Gasteiger partial charge in [0.15, 0.2) is 5.82 Å². The number of rotatable bonds is 2. The largest absolute Gasteiger partial charge is 0.357 e. The molecule has 1 aliphatic rings. The molecule has 0 bridgehead atoms. The Morgan fingerprint density at radius 2 is 2.27 bits per heavy atom. The summed E-state index contributed by atoms with van der Waals surface area (Å²) in [5.41, 5.74) is 5.89. The fraction of sp³-hybridized carbons (Fsp3) is 0.471. The molecular formula is C17H20N4O. The average Bonchev–Trinajstić information content (AvgIpc) is 3.12. The number of hydrogen-bond donors (Lipinski definition) is 1. The fourth-order valence-electron chi connectivity index (χ4n) is 3.61. The number of nitrogens with one attached hydrogen (secondary N) is 1. The Labute approximate surface area is 129 Å². The van der Waals surface area contributed by atoms with E-state index in [4.69, 9.17) is 4.52 Å². The smallest absolute Gasteiger partial charge is 0.276 e. The average molecular weight is 296 g/mol. The van der Waals surface area contributed by atoms with E-state index in [0.29, 0.717) is 11.8 Å². The number of pyridine rings is 1. The molecule has 0 fully saturated rings. The monoisotopic (exact) mass is 296 g/mol. The van der Waals surface area contributed by atoms with E-state index in [1.807, 2.05) is 13.1 Å². The Morgan fingerprint density at radius 3 is 3.05 bits per heavy atom. The van der Waals surface area contributed by atoms with Gasteiger partial charge >= 0.3 is 0 Å². The first-order chi connectivity index (χ1) is 10.7. The third-order valence-corrected chi connectivity index (χ3v) is 4.75. The molecule has 5 nitrogen and oxygen atoms in total. The van der Waals surface area contributed by atoms with Gasteiger partial charge in [-0.15, -0.1) is 0 Å². The second-order valence-corrected chi connectivity index (χ2v) is 6.20. The molecule has 0 radical (unpaired) electrons. The van der Waals surface area contributed by atoms with Crippen LogP contribution in [-0.4, -0.2) is 20.1 Å². The highest BCUT2D eigenvalue weighted by Gasteiger charge is 2.25. The molecule has 0 saturated carbocycles. The molecule has 1 N–H and O–H groups in total. The minimum absolute atomic E-state index is 0.523. The van der Waals surface area contributed by atoms with E-state index in [2.05, 4.69) is 34.0 Å². The van der Waals surface area contributed by atoms with Crippen LogP contribution in [0.5, 0.6) is 0 Å². The standard InChI is InChI=1S/C17H20N4O/c1-4-13-20-17(22-21-13)16-10(3)15-12(8-18-16)19-11-7-5-6-9(2)14(11)15/h8-9,19H,4-7H2,1-3H3. The van der Waals surface area contributed by atoms with Crippen molar-refractivity contribution in [3.05, 3.63) is 28.8 Å². The highest BCUT2D eigenvalue weighted by molar-refractivity contribution is 5.91. The molecule has 0 saturated heterocycles. The SMILES string of the molecule is CCc1noc(-c2ncc3[nH]c4c(c3c2C)C(C)CCC4)n1. The first-order valence-electron chi connectivity index (χ1n) is 8.02. The van der Waals surface area contributed by atoms with Crippen LogP contribution in [0.4, 0.5) is 0 Å². The molecule has 3 aromatic rings. The lowest BCUT2D eigenvalue weighted by atomic mass is 9.85. The van der Waals surface area contributed by atoms with Gasteiger partial charge in [-0.3, -0.25) is 0 Å². The first-order valence-corrected chi connectivity index (χ1v) is 8.02. The van der Waals surface area contributed by atoms with Crippen LogP contribution in [0.1, 0.15) is 55.3 Å². The van der Waals surface area contributed by atoms with Crippen molar-refractivity contribution in [2.45, 2.75) is 52.4 Å². The molecule has 114 valence electrons. The van der Waals surface area contributed by atoms with Crippen LogP contribution in [0.3, 0.4) is 0 Å². The van der Waals surface area contributed by atoms with Crippen LogP contribution in [0.2, 0.25) is 0 Å². The summed E-state index contributed by atoms with van der Waals surface area (Å²) in [7, 11) is 0. The van der Waals surface area contributed by atoms with Gasteiger partial charge < -0.3 is 9.51 Å². The summed E-state index contributed by atoms with van der Waals surface area (Å²) in [5.74, 6) is 1.83. The summed E-state index contributed by atoms with van der Waals surface area (Å²) in [6.45, 7) is 6.44. The topological polar surface area (TPSA) is 67.6 Å². The van der Waals surface area contributed by atoms with E-state index in [1.165, 1.54) is 29.5 Å². The van der Waals surface area contributed by atoms with Gasteiger partial charge in [-0.1, -0.05) is 19.0 Å². The molecule has 1 unspecified atom stereocenters. The van der Waals surface area contributed by atoms with Gasteiger partial charge in [0.1, 0.15) is 5.69 Å². The lowest BCUT2D eigenvalue weighted by Crippen LogP contribution is -2.05. The Kier molecular flexibility index (Phi) is 3.03. The molecule has 5 heteroatoms. The highest BCUT2D eigenvalue weighted by Crippen LogP contribution is 2.39. The molecule has 1 aliphatic carbocycles. The molecule has 3 aromatic heterocycles. The first kappa shape index (κ1) is 13.5. The molecule has 3 heterocycles. The summed E-state index contributed by atoms with van der Waals surface area (Å²) in [4.78, 5) is 12.6. The van der Waals surface area contributed by atoms with Crippen molar-refractivity contribution in [2.24, 2.45) is 0 Å². The number of hydrogen-bond acceptors (Lipinski definition) is 4. The Hall–Kier alpha value is -2.17. The van der Waals surface area contributed by atoms with Crippen molar-refractivity contribution in [3.63, 3.8) is 0 Å². The number of nitrogens with zero attached hydrogens (tertiary/aromatic N) is 3. The van der Waals surface area contributed by atoms with E-state index in [9.17, 15) is 0 Å². The van der Waals surface area contributed by atoms with Gasteiger partial charge in [0, 0.05) is 17.5 Å². The van der Waals surface area contributed by atoms with Crippen molar-refractivity contribution in [1.82, 2.24) is 20.1 Å². The zero-order valence-corrected chi connectivity index (χ0v) is 13.2. The summed E-state index contributed by atoms with van der Waals surface area (Å²) < 4.78 is 5.38. The molecule has 22 heavy (non-hydrogen) atoms. The van der Waals surface area contributed by atoms with E-state index >= 15 is 0 Å². The second-order valence-electron chi connectivity index (χ2n) is 6.20. The van der Waals surface area contributed by atoms with Gasteiger partial charge in [0.2, 0.25) is 0 Å². The number of H-pyrrole nitrogens is 1. The maximum atomic E-state index is 5.38. The van der Waals surface area contributed by atoms with E-state index in [-0.39, 0.29) is 0 Å². The predicted molar refractivity (Wildman–Crippen MR) is 84.9 cm³/mol. The molecular weight excluding hydrogens is 276 g/mol. The van der Waals surface area contributed by atoms with Crippen LogP contribution >= 0.6 is 0 Å². The molecule has 1 atom stereocenters. The molecule has 4 rings (SSSR count). The molecule has 0 amide bonds. The van der Waals surface area contributed by atoms with Crippen molar-refractivity contribution >= 4 is 10.9 Å². The molecule has 0 aromatic carbocycles. The van der Waals surface area contributed by atoms with Crippen LogP contribution in [0, 0.1) is 6.92 Å². The van der Waals surface area contributed by atoms with Crippen LogP contribution in [0.15, 0.2) is 10.7 Å². The minimum Gasteiger partial charge on any atom is -0.357 e. The van der Waals surface area contributed by atoms with Gasteiger partial charge in [0.25, 0.3) is 5.89 Å². The third-order valence-electron chi connectivity index (χ3n) is 4.75. The second kappa shape index (κ2) is 4.93. The zero-order valence-electron chi connectivity index (χ0n) is 13.2. The van der Waals surface area contributed by atoms with Crippen LogP contribution in [0.25, 0.3) is 22.5 Å². The minimum atomic E-state index is 0.523. The zero-order chi connectivity index (χ0) is 15.3. The lowest BCUT2D eigenvalue weighted by Gasteiger charge is -2.19.